The average molecular weight is 305 g/mol. The number of pyridine rings is 1. The highest BCUT2D eigenvalue weighted by Crippen LogP contribution is 2.41. The Bertz CT molecular complexity index is 982. The van der Waals surface area contributed by atoms with E-state index < -0.39 is 0 Å². The zero-order valence-corrected chi connectivity index (χ0v) is 13.0. The van der Waals surface area contributed by atoms with Crippen molar-refractivity contribution in [3.05, 3.63) is 53.0 Å². The van der Waals surface area contributed by atoms with Crippen LogP contribution < -0.4 is 0 Å². The number of para-hydroxylation sites is 1. The fourth-order valence-corrected chi connectivity index (χ4v) is 4.34. The molecule has 1 aliphatic rings. The summed E-state index contributed by atoms with van der Waals surface area (Å²) in [4.78, 5) is 6.28. The largest absolute Gasteiger partial charge is 0.454 e. The molecule has 4 aromatic rings. The van der Waals surface area contributed by atoms with Gasteiger partial charge in [-0.25, -0.2) is 4.98 Å². The van der Waals surface area contributed by atoms with E-state index in [1.165, 1.54) is 34.5 Å². The third-order valence-electron chi connectivity index (χ3n) is 4.55. The van der Waals surface area contributed by atoms with Crippen LogP contribution in [0.4, 0.5) is 0 Å². The molecule has 0 amide bonds. The normalized spacial score (nSPS) is 14.5. The summed E-state index contributed by atoms with van der Waals surface area (Å²) in [6, 6.07) is 12.5. The zero-order valence-electron chi connectivity index (χ0n) is 12.1. The van der Waals surface area contributed by atoms with Crippen LogP contribution in [0.3, 0.4) is 0 Å². The minimum absolute atomic E-state index is 0.935. The van der Waals surface area contributed by atoms with Crippen LogP contribution in [0.2, 0.25) is 0 Å². The first-order chi connectivity index (χ1) is 10.9. The number of aromatic nitrogens is 1. The molecule has 22 heavy (non-hydrogen) atoms. The lowest BCUT2D eigenvalue weighted by molar-refractivity contribution is 0.653. The molecule has 0 atom stereocenters. The molecule has 5 rings (SSSR count). The second-order valence-electron chi connectivity index (χ2n) is 5.87. The molecule has 3 aromatic heterocycles. The van der Waals surface area contributed by atoms with Crippen LogP contribution in [-0.4, -0.2) is 4.98 Å². The highest BCUT2D eigenvalue weighted by Gasteiger charge is 2.23. The second kappa shape index (κ2) is 4.68. The van der Waals surface area contributed by atoms with Gasteiger partial charge in [0.05, 0.1) is 0 Å². The summed E-state index contributed by atoms with van der Waals surface area (Å²) in [5.74, 6) is 0. The summed E-state index contributed by atoms with van der Waals surface area (Å²) >= 11 is 1.79. The Labute approximate surface area is 132 Å². The van der Waals surface area contributed by atoms with E-state index in [4.69, 9.17) is 9.40 Å². The maximum atomic E-state index is 6.22. The van der Waals surface area contributed by atoms with Crippen molar-refractivity contribution in [1.29, 1.82) is 0 Å². The highest BCUT2D eigenvalue weighted by atomic mass is 32.1. The molecule has 0 spiro atoms. The molecule has 3 heterocycles. The van der Waals surface area contributed by atoms with Gasteiger partial charge in [-0.1, -0.05) is 18.2 Å². The van der Waals surface area contributed by atoms with Crippen molar-refractivity contribution in [2.75, 3.05) is 0 Å². The quantitative estimate of drug-likeness (QED) is 0.458. The molecule has 2 nitrogen and oxygen atoms in total. The topological polar surface area (TPSA) is 26.0 Å². The average Bonchev–Trinajstić information content (AvgIpc) is 3.20. The van der Waals surface area contributed by atoms with E-state index in [1.54, 1.807) is 11.3 Å². The lowest BCUT2D eigenvalue weighted by Gasteiger charge is -2.18. The van der Waals surface area contributed by atoms with Crippen molar-refractivity contribution in [1.82, 2.24) is 4.98 Å². The predicted molar refractivity (Wildman–Crippen MR) is 91.5 cm³/mol. The molecule has 0 unspecified atom stereocenters. The Kier molecular flexibility index (Phi) is 2.64. The van der Waals surface area contributed by atoms with Crippen molar-refractivity contribution >= 4 is 33.4 Å². The number of furan rings is 1. The minimum atomic E-state index is 0.935. The summed E-state index contributed by atoms with van der Waals surface area (Å²) in [6.07, 6.45) is 4.69. The maximum absolute atomic E-state index is 6.22. The monoisotopic (exact) mass is 305 g/mol. The van der Waals surface area contributed by atoms with E-state index in [0.717, 1.165) is 34.9 Å². The van der Waals surface area contributed by atoms with Gasteiger partial charge >= 0.3 is 0 Å². The summed E-state index contributed by atoms with van der Waals surface area (Å²) in [5.41, 5.74) is 6.88. The molecule has 0 saturated carbocycles. The van der Waals surface area contributed by atoms with Gasteiger partial charge in [0.1, 0.15) is 11.1 Å². The van der Waals surface area contributed by atoms with Gasteiger partial charge in [-0.3, -0.25) is 0 Å². The van der Waals surface area contributed by atoms with E-state index in [0.29, 0.717) is 0 Å². The van der Waals surface area contributed by atoms with Crippen molar-refractivity contribution < 1.29 is 4.42 Å². The van der Waals surface area contributed by atoms with Gasteiger partial charge in [0.25, 0.3) is 0 Å². The third kappa shape index (κ3) is 1.69. The number of fused-ring (bicyclic) bond motifs is 4. The minimum Gasteiger partial charge on any atom is -0.454 e. The summed E-state index contributed by atoms with van der Waals surface area (Å²) in [7, 11) is 0. The molecule has 1 aromatic carbocycles. The number of benzene rings is 1. The van der Waals surface area contributed by atoms with Crippen LogP contribution >= 0.6 is 11.3 Å². The molecule has 0 aliphatic heterocycles. The van der Waals surface area contributed by atoms with Crippen LogP contribution in [0, 0.1) is 0 Å². The van der Waals surface area contributed by atoms with Gasteiger partial charge in [0, 0.05) is 21.5 Å². The van der Waals surface area contributed by atoms with Crippen LogP contribution in [0.25, 0.3) is 32.5 Å². The molecule has 0 fully saturated rings. The maximum Gasteiger partial charge on any atom is 0.162 e. The van der Waals surface area contributed by atoms with Crippen molar-refractivity contribution in [2.24, 2.45) is 0 Å². The van der Waals surface area contributed by atoms with E-state index in [-0.39, 0.29) is 0 Å². The Morgan fingerprint density at radius 3 is 2.82 bits per heavy atom. The Balaban J connectivity index is 1.98. The van der Waals surface area contributed by atoms with E-state index in [9.17, 15) is 0 Å². The Morgan fingerprint density at radius 2 is 1.91 bits per heavy atom. The number of thiophene rings is 1. The summed E-state index contributed by atoms with van der Waals surface area (Å²) < 4.78 is 6.22. The first-order valence-corrected chi connectivity index (χ1v) is 8.66. The number of hydrogen-bond donors (Lipinski definition) is 0. The summed E-state index contributed by atoms with van der Waals surface area (Å²) in [5, 5.41) is 3.27. The molecule has 3 heteroatoms. The Hall–Kier alpha value is -2.13. The zero-order chi connectivity index (χ0) is 14.5. The first-order valence-electron chi connectivity index (χ1n) is 7.79. The molecule has 1 aliphatic carbocycles. The van der Waals surface area contributed by atoms with Gasteiger partial charge in [0.2, 0.25) is 0 Å². The molecule has 108 valence electrons. The predicted octanol–water partition coefficient (Wildman–Crippen LogP) is 5.59. The fourth-order valence-electron chi connectivity index (χ4n) is 3.55. The van der Waals surface area contributed by atoms with Gasteiger partial charge < -0.3 is 4.42 Å². The second-order valence-corrected chi connectivity index (χ2v) is 6.82. The molecule has 0 saturated heterocycles. The number of nitrogens with zero attached hydrogens (tertiary/aromatic N) is 1. The van der Waals surface area contributed by atoms with E-state index >= 15 is 0 Å². The van der Waals surface area contributed by atoms with Gasteiger partial charge in [-0.15, -0.1) is 11.3 Å². The van der Waals surface area contributed by atoms with E-state index in [2.05, 4.69) is 29.6 Å². The van der Waals surface area contributed by atoms with Crippen LogP contribution in [-0.2, 0) is 12.8 Å². The highest BCUT2D eigenvalue weighted by molar-refractivity contribution is 7.13. The standard InChI is InChI=1S/C19H15NOS/c1-3-8-14-12(6-1)17(16-10-5-11-22-16)19-18(20-14)13-7-2-4-9-15(13)21-19/h2,4-5,7,9-11H,1,3,6,8H2. The molecular weight excluding hydrogens is 290 g/mol. The van der Waals surface area contributed by atoms with E-state index in [1.807, 2.05) is 12.1 Å². The lowest BCUT2D eigenvalue weighted by Crippen LogP contribution is -2.07. The summed E-state index contributed by atoms with van der Waals surface area (Å²) in [6.45, 7) is 0. The number of rotatable bonds is 1. The SMILES string of the molecule is c1csc(-c2c3c(nc4c2oc2ccccc24)CCCC3)c1. The first kappa shape index (κ1) is 12.4. The van der Waals surface area contributed by atoms with Crippen molar-refractivity contribution in [3.8, 4) is 10.4 Å². The van der Waals surface area contributed by atoms with Gasteiger partial charge in [0.15, 0.2) is 5.58 Å². The van der Waals surface area contributed by atoms with Crippen LogP contribution in [0.1, 0.15) is 24.1 Å². The molecular formula is C19H15NOS. The van der Waals surface area contributed by atoms with Crippen LogP contribution in [0.5, 0.6) is 0 Å². The number of aryl methyl sites for hydroxylation is 1. The van der Waals surface area contributed by atoms with Gasteiger partial charge in [-0.05, 0) is 54.8 Å². The lowest BCUT2D eigenvalue weighted by atomic mass is 9.91. The Morgan fingerprint density at radius 1 is 1.00 bits per heavy atom. The fraction of sp³-hybridized carbons (Fsp3) is 0.211. The smallest absolute Gasteiger partial charge is 0.162 e. The number of hydrogen-bond acceptors (Lipinski definition) is 3. The van der Waals surface area contributed by atoms with Crippen molar-refractivity contribution in [2.45, 2.75) is 25.7 Å². The molecule has 0 radical (unpaired) electrons. The molecule has 0 bridgehead atoms. The van der Waals surface area contributed by atoms with Crippen LogP contribution in [0.15, 0.2) is 46.2 Å². The molecule has 0 N–H and O–H groups in total. The van der Waals surface area contributed by atoms with Gasteiger partial charge in [-0.2, -0.15) is 0 Å². The van der Waals surface area contributed by atoms with Crippen molar-refractivity contribution in [3.63, 3.8) is 0 Å². The third-order valence-corrected chi connectivity index (χ3v) is 5.44.